The van der Waals surface area contributed by atoms with Crippen molar-refractivity contribution in [3.8, 4) is 0 Å². The first-order valence-electron chi connectivity index (χ1n) is 10.8. The third-order valence-electron chi connectivity index (χ3n) is 5.44. The molecular weight excluding hydrogens is 424 g/mol. The zero-order valence-corrected chi connectivity index (χ0v) is 21.3. The van der Waals surface area contributed by atoms with Gasteiger partial charge in [-0.05, 0) is 45.8 Å². The molecule has 10 heteroatoms. The van der Waals surface area contributed by atoms with E-state index < -0.39 is 43.8 Å². The van der Waals surface area contributed by atoms with Crippen LogP contribution in [0, 0.1) is 5.41 Å². The monoisotopic (exact) mass is 464 g/mol. The molecule has 4 atom stereocenters. The summed E-state index contributed by atoms with van der Waals surface area (Å²) in [6.07, 6.45) is -3.12. The Hall–Kier alpha value is -0.653. The van der Waals surface area contributed by atoms with E-state index in [1.165, 1.54) is 4.90 Å². The molecular formula is C20H40N2O6SSi. The molecule has 1 aliphatic heterocycles. The first kappa shape index (κ1) is 27.4. The maximum absolute atomic E-state index is 12.4. The summed E-state index contributed by atoms with van der Waals surface area (Å²) >= 11 is 1.04. The summed E-state index contributed by atoms with van der Waals surface area (Å²) in [5, 5.41) is 29.0. The molecule has 1 aliphatic rings. The van der Waals surface area contributed by atoms with Gasteiger partial charge in [0.25, 0.3) is 0 Å². The number of ether oxygens (including phenoxy) is 2. The molecule has 3 N–H and O–H groups in total. The van der Waals surface area contributed by atoms with E-state index in [9.17, 15) is 15.0 Å². The lowest BCUT2D eigenvalue weighted by Gasteiger charge is -2.39. The van der Waals surface area contributed by atoms with Gasteiger partial charge in [-0.15, -0.1) is 0 Å². The van der Waals surface area contributed by atoms with Gasteiger partial charge in [-0.3, -0.25) is 10.3 Å². The van der Waals surface area contributed by atoms with Crippen molar-refractivity contribution < 1.29 is 28.9 Å². The summed E-state index contributed by atoms with van der Waals surface area (Å²) in [5.41, 5.74) is -1.23. The van der Waals surface area contributed by atoms with E-state index in [4.69, 9.17) is 19.3 Å². The SMILES string of the molecule is CCN(C(=N)S[C@@H]1C[C@@H](O)[C@H](O)[C@@H](CO[Si](CC)(CC)CC)O1)C(=O)OC(C)(C)C. The van der Waals surface area contributed by atoms with Crippen molar-refractivity contribution in [2.75, 3.05) is 13.2 Å². The minimum Gasteiger partial charge on any atom is -0.443 e. The molecule has 30 heavy (non-hydrogen) atoms. The number of nitrogens with one attached hydrogen (secondary N) is 1. The molecule has 0 bridgehead atoms. The molecule has 8 nitrogen and oxygen atoms in total. The Morgan fingerprint density at radius 3 is 2.23 bits per heavy atom. The van der Waals surface area contributed by atoms with Gasteiger partial charge in [-0.25, -0.2) is 4.79 Å². The average Bonchev–Trinajstić information content (AvgIpc) is 2.66. The van der Waals surface area contributed by atoms with Crippen LogP contribution < -0.4 is 0 Å². The van der Waals surface area contributed by atoms with Crippen molar-refractivity contribution in [3.05, 3.63) is 0 Å². The third-order valence-corrected chi connectivity index (χ3v) is 11.1. The second kappa shape index (κ2) is 11.8. The summed E-state index contributed by atoms with van der Waals surface area (Å²) in [6.45, 7) is 14.0. The number of aliphatic hydroxyl groups excluding tert-OH is 2. The number of aliphatic hydroxyl groups is 2. The first-order valence-corrected chi connectivity index (χ1v) is 14.2. The predicted octanol–water partition coefficient (Wildman–Crippen LogP) is 3.77. The van der Waals surface area contributed by atoms with E-state index in [-0.39, 0.29) is 24.7 Å². The van der Waals surface area contributed by atoms with E-state index in [2.05, 4.69) is 20.8 Å². The number of amidine groups is 1. The Morgan fingerprint density at radius 2 is 1.77 bits per heavy atom. The third kappa shape index (κ3) is 7.80. The topological polar surface area (TPSA) is 112 Å². The van der Waals surface area contributed by atoms with Gasteiger partial charge in [0.1, 0.15) is 23.2 Å². The highest BCUT2D eigenvalue weighted by atomic mass is 32.2. The Morgan fingerprint density at radius 1 is 1.20 bits per heavy atom. The lowest BCUT2D eigenvalue weighted by atomic mass is 10.0. The van der Waals surface area contributed by atoms with Gasteiger partial charge in [0, 0.05) is 13.0 Å². The van der Waals surface area contributed by atoms with Crippen LogP contribution in [0.1, 0.15) is 54.9 Å². The van der Waals surface area contributed by atoms with Crippen LogP contribution in [-0.4, -0.2) is 77.2 Å². The molecule has 1 rings (SSSR count). The highest BCUT2D eigenvalue weighted by Gasteiger charge is 2.40. The van der Waals surface area contributed by atoms with Gasteiger partial charge in [-0.1, -0.05) is 32.5 Å². The molecule has 0 aromatic rings. The van der Waals surface area contributed by atoms with Crippen molar-refractivity contribution in [2.45, 2.75) is 102 Å². The van der Waals surface area contributed by atoms with Crippen LogP contribution in [-0.2, 0) is 13.9 Å². The smallest absolute Gasteiger partial charge is 0.416 e. The molecule has 1 amide bonds. The lowest BCUT2D eigenvalue weighted by Crippen LogP contribution is -2.52. The van der Waals surface area contributed by atoms with Gasteiger partial charge >= 0.3 is 6.09 Å². The summed E-state index contributed by atoms with van der Waals surface area (Å²) in [4.78, 5) is 13.6. The molecule has 0 unspecified atom stereocenters. The average molecular weight is 465 g/mol. The van der Waals surface area contributed by atoms with E-state index in [0.29, 0.717) is 0 Å². The molecule has 176 valence electrons. The maximum atomic E-state index is 12.4. The Bertz CT molecular complexity index is 562. The number of rotatable bonds is 8. The fourth-order valence-corrected chi connectivity index (χ4v) is 7.01. The fourth-order valence-electron chi connectivity index (χ4n) is 3.31. The standard InChI is InChI=1S/C20H40N2O6SSi/c1-8-22(19(25)28-20(5,6)7)18(21)29-16-12-14(23)17(24)15(27-16)13-26-30(9-2,10-3)11-4/h14-17,21,23-24H,8-13H2,1-7H3/t14-,15-,16-,17+/m1/s1. The van der Waals surface area contributed by atoms with Crippen LogP contribution in [0.3, 0.4) is 0 Å². The number of hydrogen-bond donors (Lipinski definition) is 3. The van der Waals surface area contributed by atoms with Crippen molar-refractivity contribution >= 4 is 31.3 Å². The molecule has 0 spiro atoms. The Labute approximate surface area is 186 Å². The van der Waals surface area contributed by atoms with Crippen LogP contribution >= 0.6 is 11.8 Å². The minimum atomic E-state index is -1.86. The quantitative estimate of drug-likeness (QED) is 0.285. The zero-order chi connectivity index (χ0) is 23.1. The van der Waals surface area contributed by atoms with Crippen molar-refractivity contribution in [2.24, 2.45) is 0 Å². The highest BCUT2D eigenvalue weighted by molar-refractivity contribution is 8.14. The van der Waals surface area contributed by atoms with Gasteiger partial charge < -0.3 is 24.1 Å². The van der Waals surface area contributed by atoms with Gasteiger partial charge in [0.15, 0.2) is 13.5 Å². The van der Waals surface area contributed by atoms with Crippen LogP contribution in [0.5, 0.6) is 0 Å². The van der Waals surface area contributed by atoms with Gasteiger partial charge in [0.2, 0.25) is 0 Å². The fraction of sp³-hybridized carbons (Fsp3) is 0.900. The molecule has 1 heterocycles. The number of hydrogen-bond acceptors (Lipinski definition) is 8. The summed E-state index contributed by atoms with van der Waals surface area (Å²) in [5.74, 6) is 0. The second-order valence-corrected chi connectivity index (χ2v) is 14.5. The lowest BCUT2D eigenvalue weighted by molar-refractivity contribution is -0.155. The molecule has 0 aromatic heterocycles. The van der Waals surface area contributed by atoms with Crippen molar-refractivity contribution in [3.63, 3.8) is 0 Å². The Balaban J connectivity index is 2.78. The second-order valence-electron chi connectivity index (χ2n) is 8.60. The number of carbonyl (C=O) groups excluding carboxylic acids is 1. The van der Waals surface area contributed by atoms with E-state index >= 15 is 0 Å². The first-order chi connectivity index (χ1) is 13.9. The van der Waals surface area contributed by atoms with E-state index in [0.717, 1.165) is 29.9 Å². The summed E-state index contributed by atoms with van der Waals surface area (Å²) in [7, 11) is -1.86. The number of amides is 1. The predicted molar refractivity (Wildman–Crippen MR) is 122 cm³/mol. The molecule has 1 saturated heterocycles. The van der Waals surface area contributed by atoms with E-state index in [1.807, 2.05) is 0 Å². The summed E-state index contributed by atoms with van der Waals surface area (Å²) < 4.78 is 17.6. The van der Waals surface area contributed by atoms with Crippen molar-refractivity contribution in [1.29, 1.82) is 5.41 Å². The Kier molecular flexibility index (Phi) is 10.8. The highest BCUT2D eigenvalue weighted by Crippen LogP contribution is 2.31. The van der Waals surface area contributed by atoms with Crippen LogP contribution in [0.4, 0.5) is 4.79 Å². The van der Waals surface area contributed by atoms with Gasteiger partial charge in [0.05, 0.1) is 12.7 Å². The zero-order valence-electron chi connectivity index (χ0n) is 19.4. The molecule has 0 saturated carbocycles. The van der Waals surface area contributed by atoms with Crippen LogP contribution in [0.2, 0.25) is 18.1 Å². The molecule has 0 aromatic carbocycles. The summed E-state index contributed by atoms with van der Waals surface area (Å²) in [6, 6.07) is 2.95. The van der Waals surface area contributed by atoms with E-state index in [1.54, 1.807) is 27.7 Å². The minimum absolute atomic E-state index is 0.0144. The molecule has 0 aliphatic carbocycles. The maximum Gasteiger partial charge on any atom is 0.416 e. The van der Waals surface area contributed by atoms with Crippen LogP contribution in [0.25, 0.3) is 0 Å². The number of thioether (sulfide) groups is 1. The molecule has 0 radical (unpaired) electrons. The van der Waals surface area contributed by atoms with Gasteiger partial charge in [-0.2, -0.15) is 0 Å². The largest absolute Gasteiger partial charge is 0.443 e. The number of nitrogens with zero attached hydrogens (tertiary/aromatic N) is 1. The number of carbonyl (C=O) groups is 1. The van der Waals surface area contributed by atoms with Crippen molar-refractivity contribution in [1.82, 2.24) is 4.90 Å². The molecule has 1 fully saturated rings. The normalized spacial score (nSPS) is 25.1. The van der Waals surface area contributed by atoms with Crippen LogP contribution in [0.15, 0.2) is 0 Å².